The van der Waals surface area contributed by atoms with Crippen molar-refractivity contribution in [2.45, 2.75) is 25.1 Å². The Morgan fingerprint density at radius 2 is 1.83 bits per heavy atom. The SMILES string of the molecule is COc1ccc(C2CCCN2C(=O)c2cc(-c3ccc(C(F)(F)F)cc3)on2)cc1. The van der Waals surface area contributed by atoms with Gasteiger partial charge in [0.1, 0.15) is 5.75 Å². The van der Waals surface area contributed by atoms with Crippen LogP contribution in [0.1, 0.15) is 40.5 Å². The van der Waals surface area contributed by atoms with Gasteiger partial charge in [-0.25, -0.2) is 0 Å². The maximum Gasteiger partial charge on any atom is 0.416 e. The normalized spacial score (nSPS) is 16.7. The van der Waals surface area contributed by atoms with Crippen LogP contribution in [0, 0.1) is 0 Å². The summed E-state index contributed by atoms with van der Waals surface area (Å²) in [6, 6.07) is 13.5. The van der Waals surface area contributed by atoms with E-state index in [1.165, 1.54) is 18.2 Å². The number of carbonyl (C=O) groups excluding carboxylic acids is 1. The minimum Gasteiger partial charge on any atom is -0.497 e. The number of hydrogen-bond acceptors (Lipinski definition) is 4. The van der Waals surface area contributed by atoms with E-state index in [2.05, 4.69) is 5.16 Å². The number of rotatable bonds is 4. The second-order valence-electron chi connectivity index (χ2n) is 7.08. The van der Waals surface area contributed by atoms with Gasteiger partial charge in [-0.15, -0.1) is 0 Å². The number of hydrogen-bond donors (Lipinski definition) is 0. The minimum absolute atomic E-state index is 0.0744. The molecule has 0 aliphatic carbocycles. The van der Waals surface area contributed by atoms with E-state index in [1.54, 1.807) is 12.0 Å². The molecule has 30 heavy (non-hydrogen) atoms. The van der Waals surface area contributed by atoms with Crippen molar-refractivity contribution in [1.82, 2.24) is 10.1 Å². The molecule has 2 aromatic carbocycles. The molecule has 0 radical (unpaired) electrons. The first kappa shape index (κ1) is 20.0. The number of benzene rings is 2. The second-order valence-corrected chi connectivity index (χ2v) is 7.08. The highest BCUT2D eigenvalue weighted by molar-refractivity contribution is 5.93. The molecular weight excluding hydrogens is 397 g/mol. The summed E-state index contributed by atoms with van der Waals surface area (Å²) < 4.78 is 48.6. The van der Waals surface area contributed by atoms with Gasteiger partial charge in [0.15, 0.2) is 11.5 Å². The lowest BCUT2D eigenvalue weighted by molar-refractivity contribution is -0.137. The number of amides is 1. The van der Waals surface area contributed by atoms with Gasteiger partial charge in [0, 0.05) is 18.2 Å². The lowest BCUT2D eigenvalue weighted by atomic mass is 10.0. The molecule has 3 aromatic rings. The van der Waals surface area contributed by atoms with Gasteiger partial charge in [-0.1, -0.05) is 29.4 Å². The van der Waals surface area contributed by atoms with Crippen molar-refractivity contribution in [1.29, 1.82) is 0 Å². The third-order valence-electron chi connectivity index (χ3n) is 5.24. The molecule has 1 fully saturated rings. The molecule has 0 saturated carbocycles. The number of carbonyl (C=O) groups is 1. The Morgan fingerprint density at radius 3 is 2.47 bits per heavy atom. The molecule has 4 rings (SSSR count). The Bertz CT molecular complexity index is 1030. The van der Waals surface area contributed by atoms with Crippen LogP contribution < -0.4 is 4.74 Å². The van der Waals surface area contributed by atoms with Crippen molar-refractivity contribution in [3.63, 3.8) is 0 Å². The van der Waals surface area contributed by atoms with Gasteiger partial charge < -0.3 is 14.2 Å². The molecule has 0 spiro atoms. The highest BCUT2D eigenvalue weighted by Gasteiger charge is 2.33. The minimum atomic E-state index is -4.41. The second kappa shape index (κ2) is 7.85. The van der Waals surface area contributed by atoms with Gasteiger partial charge in [-0.2, -0.15) is 13.2 Å². The molecule has 1 aromatic heterocycles. The summed E-state index contributed by atoms with van der Waals surface area (Å²) in [6.07, 6.45) is -2.71. The molecule has 1 saturated heterocycles. The van der Waals surface area contributed by atoms with Gasteiger partial charge in [0.05, 0.1) is 18.7 Å². The van der Waals surface area contributed by atoms with Crippen LogP contribution >= 0.6 is 0 Å². The highest BCUT2D eigenvalue weighted by atomic mass is 19.4. The maximum atomic E-state index is 13.0. The van der Waals surface area contributed by atoms with Gasteiger partial charge in [0.25, 0.3) is 5.91 Å². The van der Waals surface area contributed by atoms with Gasteiger partial charge >= 0.3 is 6.18 Å². The molecule has 5 nitrogen and oxygen atoms in total. The van der Waals surface area contributed by atoms with Crippen molar-refractivity contribution in [2.75, 3.05) is 13.7 Å². The monoisotopic (exact) mass is 416 g/mol. The van der Waals surface area contributed by atoms with Crippen LogP contribution in [0.5, 0.6) is 5.75 Å². The summed E-state index contributed by atoms with van der Waals surface area (Å²) in [4.78, 5) is 14.8. The first-order valence-corrected chi connectivity index (χ1v) is 9.46. The standard InChI is InChI=1S/C22H19F3N2O3/c1-29-17-10-6-14(7-11-17)19-3-2-12-27(19)21(28)18-13-20(30-26-18)15-4-8-16(9-5-15)22(23,24)25/h4-11,13,19H,2-3,12H2,1H3. The van der Waals surface area contributed by atoms with Crippen LogP contribution in [0.15, 0.2) is 59.1 Å². The van der Waals surface area contributed by atoms with E-state index in [-0.39, 0.29) is 23.4 Å². The fraction of sp³-hybridized carbons (Fsp3) is 0.273. The summed E-state index contributed by atoms with van der Waals surface area (Å²) in [5.74, 6) is 0.717. The smallest absolute Gasteiger partial charge is 0.416 e. The molecule has 156 valence electrons. The largest absolute Gasteiger partial charge is 0.497 e. The molecule has 1 amide bonds. The van der Waals surface area contributed by atoms with E-state index < -0.39 is 11.7 Å². The summed E-state index contributed by atoms with van der Waals surface area (Å²) in [7, 11) is 1.60. The van der Waals surface area contributed by atoms with E-state index in [9.17, 15) is 18.0 Å². The van der Waals surface area contributed by atoms with Gasteiger partial charge in [-0.05, 0) is 42.7 Å². The molecule has 1 atom stereocenters. The van der Waals surface area contributed by atoms with E-state index in [1.807, 2.05) is 24.3 Å². The lowest BCUT2D eigenvalue weighted by Crippen LogP contribution is -2.30. The van der Waals surface area contributed by atoms with Crippen LogP contribution in [-0.4, -0.2) is 29.6 Å². The van der Waals surface area contributed by atoms with Crippen molar-refractivity contribution in [3.05, 3.63) is 71.4 Å². The Labute approximate surface area is 171 Å². The zero-order valence-corrected chi connectivity index (χ0v) is 16.1. The summed E-state index contributed by atoms with van der Waals surface area (Å²) >= 11 is 0. The van der Waals surface area contributed by atoms with Crippen molar-refractivity contribution >= 4 is 5.91 Å². The predicted molar refractivity (Wildman–Crippen MR) is 103 cm³/mol. The highest BCUT2D eigenvalue weighted by Crippen LogP contribution is 2.35. The fourth-order valence-electron chi connectivity index (χ4n) is 3.67. The van der Waals surface area contributed by atoms with Crippen LogP contribution in [0.4, 0.5) is 13.2 Å². The maximum absolute atomic E-state index is 13.0. The summed E-state index contributed by atoms with van der Waals surface area (Å²) in [6.45, 7) is 0.595. The Morgan fingerprint density at radius 1 is 1.13 bits per heavy atom. The predicted octanol–water partition coefficient (Wildman–Crippen LogP) is 5.35. The molecule has 0 N–H and O–H groups in total. The zero-order valence-electron chi connectivity index (χ0n) is 16.1. The number of alkyl halides is 3. The number of halogens is 3. The fourth-order valence-corrected chi connectivity index (χ4v) is 3.67. The number of nitrogens with zero attached hydrogens (tertiary/aromatic N) is 2. The average Bonchev–Trinajstić information content (AvgIpc) is 3.43. The molecular formula is C22H19F3N2O3. The molecule has 2 heterocycles. The third kappa shape index (κ3) is 3.90. The van der Waals surface area contributed by atoms with Crippen molar-refractivity contribution in [2.24, 2.45) is 0 Å². The first-order valence-electron chi connectivity index (χ1n) is 9.46. The zero-order chi connectivity index (χ0) is 21.3. The molecule has 1 unspecified atom stereocenters. The van der Waals surface area contributed by atoms with Crippen LogP contribution in [0.25, 0.3) is 11.3 Å². The Balaban J connectivity index is 1.53. The number of aromatic nitrogens is 1. The first-order chi connectivity index (χ1) is 14.4. The molecule has 8 heteroatoms. The molecule has 1 aliphatic rings. The van der Waals surface area contributed by atoms with E-state index in [0.29, 0.717) is 12.1 Å². The number of likely N-dealkylation sites (tertiary alicyclic amines) is 1. The summed E-state index contributed by atoms with van der Waals surface area (Å²) in [5, 5.41) is 3.86. The van der Waals surface area contributed by atoms with Crippen molar-refractivity contribution in [3.8, 4) is 17.1 Å². The number of methoxy groups -OCH3 is 1. The van der Waals surface area contributed by atoms with Crippen LogP contribution in [0.2, 0.25) is 0 Å². The van der Waals surface area contributed by atoms with Gasteiger partial charge in [-0.3, -0.25) is 4.79 Å². The Hall–Kier alpha value is -3.29. The van der Waals surface area contributed by atoms with E-state index >= 15 is 0 Å². The van der Waals surface area contributed by atoms with E-state index in [0.717, 1.165) is 36.3 Å². The van der Waals surface area contributed by atoms with E-state index in [4.69, 9.17) is 9.26 Å². The topological polar surface area (TPSA) is 55.6 Å². The quantitative estimate of drug-likeness (QED) is 0.576. The van der Waals surface area contributed by atoms with Gasteiger partial charge in [0.2, 0.25) is 0 Å². The van der Waals surface area contributed by atoms with Crippen LogP contribution in [-0.2, 0) is 6.18 Å². The average molecular weight is 416 g/mol. The molecule has 0 bridgehead atoms. The number of ether oxygens (including phenoxy) is 1. The Kier molecular flexibility index (Phi) is 5.24. The van der Waals surface area contributed by atoms with Crippen LogP contribution in [0.3, 0.4) is 0 Å². The summed E-state index contributed by atoms with van der Waals surface area (Å²) in [5.41, 5.74) is 0.808. The third-order valence-corrected chi connectivity index (χ3v) is 5.24. The van der Waals surface area contributed by atoms with Crippen molar-refractivity contribution < 1.29 is 27.2 Å². The lowest BCUT2D eigenvalue weighted by Gasteiger charge is -2.24. The molecule has 1 aliphatic heterocycles.